The quantitative estimate of drug-likeness (QED) is 0.427. The highest BCUT2D eigenvalue weighted by molar-refractivity contribution is 6.32. The van der Waals surface area contributed by atoms with Crippen LogP contribution in [-0.2, 0) is 9.47 Å². The van der Waals surface area contributed by atoms with Gasteiger partial charge in [-0.3, -0.25) is 14.5 Å². The number of piperidine rings is 1. The summed E-state index contributed by atoms with van der Waals surface area (Å²) in [6, 6.07) is 5.46. The van der Waals surface area contributed by atoms with Crippen LogP contribution in [-0.4, -0.2) is 43.1 Å². The number of halogens is 1. The zero-order valence-electron chi connectivity index (χ0n) is 19.7. The molecule has 4 rings (SSSR count). The van der Waals surface area contributed by atoms with Gasteiger partial charge in [-0.15, -0.1) is 0 Å². The molecule has 1 unspecified atom stereocenters. The lowest BCUT2D eigenvalue weighted by atomic mass is 9.82. The number of carbonyl (C=O) groups is 1. The van der Waals surface area contributed by atoms with Gasteiger partial charge in [-0.05, 0) is 57.7 Å². The highest BCUT2D eigenvalue weighted by atomic mass is 35.5. The van der Waals surface area contributed by atoms with Crippen LogP contribution in [0.3, 0.4) is 0 Å². The van der Waals surface area contributed by atoms with Crippen LogP contribution in [0.15, 0.2) is 29.2 Å². The Morgan fingerprint density at radius 3 is 2.76 bits per heavy atom. The summed E-state index contributed by atoms with van der Waals surface area (Å²) in [5.41, 5.74) is 2.16. The monoisotopic (exact) mass is 474 g/mol. The maximum absolute atomic E-state index is 12.9. The number of aromatic nitrogens is 1. The van der Waals surface area contributed by atoms with E-state index in [4.69, 9.17) is 25.8 Å². The minimum Gasteiger partial charge on any atom is -0.492 e. The Hall–Kier alpha value is -2.51. The molecule has 3 heterocycles. The molecule has 0 radical (unpaired) electrons. The van der Waals surface area contributed by atoms with Crippen LogP contribution in [0.2, 0.25) is 5.02 Å². The van der Waals surface area contributed by atoms with Gasteiger partial charge in [-0.1, -0.05) is 11.6 Å². The van der Waals surface area contributed by atoms with E-state index < -0.39 is 5.97 Å². The summed E-state index contributed by atoms with van der Waals surface area (Å²) in [4.78, 5) is 25.4. The third-order valence-corrected chi connectivity index (χ3v) is 6.73. The van der Waals surface area contributed by atoms with Crippen molar-refractivity contribution in [2.24, 2.45) is 0 Å². The van der Waals surface area contributed by atoms with Crippen molar-refractivity contribution in [1.29, 1.82) is 0 Å². The van der Waals surface area contributed by atoms with E-state index in [2.05, 4.69) is 18.9 Å². The highest BCUT2D eigenvalue weighted by Crippen LogP contribution is 2.48. The fourth-order valence-electron chi connectivity index (χ4n) is 4.94. The Morgan fingerprint density at radius 2 is 2.03 bits per heavy atom. The van der Waals surface area contributed by atoms with Crippen molar-refractivity contribution < 1.29 is 19.0 Å². The van der Waals surface area contributed by atoms with E-state index in [1.54, 1.807) is 20.2 Å². The molecule has 178 valence electrons. The van der Waals surface area contributed by atoms with Crippen LogP contribution in [0.25, 0.3) is 11.3 Å². The van der Waals surface area contributed by atoms with Gasteiger partial charge in [-0.2, -0.15) is 0 Å². The number of hydrogen-bond acceptors (Lipinski definition) is 6. The van der Waals surface area contributed by atoms with E-state index in [0.717, 1.165) is 36.8 Å². The summed E-state index contributed by atoms with van der Waals surface area (Å²) >= 11 is 6.60. The highest BCUT2D eigenvalue weighted by Gasteiger charge is 2.42. The van der Waals surface area contributed by atoms with Crippen molar-refractivity contribution in [3.05, 3.63) is 50.8 Å². The molecule has 2 aliphatic rings. The number of rotatable bonds is 7. The van der Waals surface area contributed by atoms with Gasteiger partial charge >= 0.3 is 5.97 Å². The first kappa shape index (κ1) is 23.6. The third kappa shape index (κ3) is 4.36. The summed E-state index contributed by atoms with van der Waals surface area (Å²) in [5.74, 6) is 0.0293. The topological polar surface area (TPSA) is 70.0 Å². The van der Waals surface area contributed by atoms with Gasteiger partial charge in [0.1, 0.15) is 11.3 Å². The van der Waals surface area contributed by atoms with Gasteiger partial charge < -0.3 is 14.2 Å². The summed E-state index contributed by atoms with van der Waals surface area (Å²) in [6.45, 7) is 7.44. The summed E-state index contributed by atoms with van der Waals surface area (Å²) < 4.78 is 18.2. The second-order valence-corrected chi connectivity index (χ2v) is 9.54. The summed E-state index contributed by atoms with van der Waals surface area (Å²) in [5, 5.41) is 2.77. The number of esters is 1. The number of fused-ring (bicyclic) bond motifs is 6. The number of pyridine rings is 1. The molecule has 1 saturated heterocycles. The fraction of sp³-hybridized carbons (Fsp3) is 0.520. The number of benzene rings is 1. The molecular weight excluding hydrogens is 444 g/mol. The Bertz CT molecular complexity index is 1110. The summed E-state index contributed by atoms with van der Waals surface area (Å²) in [6.07, 6.45) is 5.40. The van der Waals surface area contributed by atoms with Crippen molar-refractivity contribution >= 4 is 17.6 Å². The molecule has 0 amide bonds. The van der Waals surface area contributed by atoms with E-state index in [1.807, 2.05) is 16.8 Å². The Kier molecular flexibility index (Phi) is 6.73. The summed E-state index contributed by atoms with van der Waals surface area (Å²) in [7, 11) is 1.66. The van der Waals surface area contributed by atoms with Crippen LogP contribution in [0.1, 0.15) is 68.4 Å². The first-order chi connectivity index (χ1) is 15.8. The Balaban J connectivity index is 1.86. The molecule has 1 fully saturated rings. The SMILES string of the molecule is CCOC(=O)c1cn2c(cc1=O)-c1cc(Cl)c(OCCCOC)cc1C1CCCC(C)(C)N12. The van der Waals surface area contributed by atoms with Gasteiger partial charge in [-0.25, -0.2) is 4.79 Å². The largest absolute Gasteiger partial charge is 0.492 e. The molecule has 8 heteroatoms. The number of nitrogens with zero attached hydrogens (tertiary/aromatic N) is 2. The van der Waals surface area contributed by atoms with Gasteiger partial charge in [0, 0.05) is 38.0 Å². The predicted molar refractivity (Wildman–Crippen MR) is 128 cm³/mol. The fourth-order valence-corrected chi connectivity index (χ4v) is 5.16. The third-order valence-electron chi connectivity index (χ3n) is 6.43. The van der Waals surface area contributed by atoms with Gasteiger partial charge in [0.15, 0.2) is 5.43 Å². The normalized spacial score (nSPS) is 18.2. The van der Waals surface area contributed by atoms with Crippen molar-refractivity contribution in [1.82, 2.24) is 4.68 Å². The van der Waals surface area contributed by atoms with Crippen molar-refractivity contribution in [2.75, 3.05) is 31.9 Å². The predicted octanol–water partition coefficient (Wildman–Crippen LogP) is 4.72. The van der Waals surface area contributed by atoms with Gasteiger partial charge in [0.05, 0.1) is 35.5 Å². The lowest BCUT2D eigenvalue weighted by Gasteiger charge is -2.53. The molecule has 0 saturated carbocycles. The molecule has 1 aromatic carbocycles. The molecule has 33 heavy (non-hydrogen) atoms. The smallest absolute Gasteiger partial charge is 0.343 e. The average molecular weight is 475 g/mol. The number of ether oxygens (including phenoxy) is 3. The van der Waals surface area contributed by atoms with E-state index in [1.165, 1.54) is 6.07 Å². The van der Waals surface area contributed by atoms with Gasteiger partial charge in [0.25, 0.3) is 0 Å². The minimum atomic E-state index is -0.604. The molecule has 7 nitrogen and oxygen atoms in total. The molecule has 1 aromatic heterocycles. The van der Waals surface area contributed by atoms with E-state index >= 15 is 0 Å². The van der Waals surface area contributed by atoms with Crippen LogP contribution < -0.4 is 15.2 Å². The minimum absolute atomic E-state index is 0.0355. The van der Waals surface area contributed by atoms with Crippen molar-refractivity contribution in [3.63, 3.8) is 0 Å². The first-order valence-corrected chi connectivity index (χ1v) is 11.8. The molecule has 2 aliphatic heterocycles. The molecule has 2 aromatic rings. The molecule has 0 bridgehead atoms. The van der Waals surface area contributed by atoms with Crippen LogP contribution in [0.5, 0.6) is 5.75 Å². The van der Waals surface area contributed by atoms with E-state index in [9.17, 15) is 9.59 Å². The second-order valence-electron chi connectivity index (χ2n) is 9.13. The molecule has 0 aliphatic carbocycles. The second kappa shape index (κ2) is 9.39. The van der Waals surface area contributed by atoms with Crippen LogP contribution in [0, 0.1) is 0 Å². The molecule has 0 N–H and O–H groups in total. The van der Waals surface area contributed by atoms with E-state index in [0.29, 0.717) is 29.7 Å². The molecule has 1 atom stereocenters. The van der Waals surface area contributed by atoms with Crippen LogP contribution in [0.4, 0.5) is 0 Å². The average Bonchev–Trinajstić information content (AvgIpc) is 2.76. The Morgan fingerprint density at radius 1 is 1.24 bits per heavy atom. The zero-order chi connectivity index (χ0) is 23.8. The van der Waals surface area contributed by atoms with Crippen molar-refractivity contribution in [2.45, 2.75) is 58.0 Å². The van der Waals surface area contributed by atoms with E-state index in [-0.39, 0.29) is 29.2 Å². The first-order valence-electron chi connectivity index (χ1n) is 11.5. The molecule has 0 spiro atoms. The van der Waals surface area contributed by atoms with Crippen molar-refractivity contribution in [3.8, 4) is 17.0 Å². The lowest BCUT2D eigenvalue weighted by Crippen LogP contribution is -2.57. The van der Waals surface area contributed by atoms with Gasteiger partial charge in [0.2, 0.25) is 0 Å². The molecular formula is C25H31ClN2O5. The number of methoxy groups -OCH3 is 1. The Labute approximate surface area is 199 Å². The zero-order valence-corrected chi connectivity index (χ0v) is 20.4. The van der Waals surface area contributed by atoms with Crippen LogP contribution >= 0.6 is 11.6 Å². The maximum Gasteiger partial charge on any atom is 0.343 e. The standard InChI is InChI=1S/C25H31ClN2O5/c1-5-32-24(30)18-15-27-21(14-22(18)29)16-12-19(26)23(33-11-7-10-31-4)13-17(16)20-8-6-9-25(2,3)28(20)27/h12-15,20H,5-11H2,1-4H3. The number of hydrogen-bond donors (Lipinski definition) is 0. The maximum atomic E-state index is 12.9. The number of carbonyl (C=O) groups excluding carboxylic acids is 1. The lowest BCUT2D eigenvalue weighted by molar-refractivity contribution is 0.0523.